The monoisotopic (exact) mass is 372 g/mol. The molecule has 1 aromatic carbocycles. The zero-order valence-corrected chi connectivity index (χ0v) is 15.1. The molecular formula is C17H16N4O2S2. The normalized spacial score (nSPS) is 11.9. The third kappa shape index (κ3) is 4.15. The number of thioether (sulfide) groups is 1. The van der Waals surface area contributed by atoms with Crippen molar-refractivity contribution in [1.82, 2.24) is 20.6 Å². The molecule has 0 aliphatic carbocycles. The highest BCUT2D eigenvalue weighted by Gasteiger charge is 2.25. The van der Waals surface area contributed by atoms with Crippen LogP contribution in [0.15, 0.2) is 53.1 Å². The molecule has 0 radical (unpaired) electrons. The van der Waals surface area contributed by atoms with E-state index < -0.39 is 11.3 Å². The number of hydrogen-bond acceptors (Lipinski definition) is 6. The Morgan fingerprint density at radius 3 is 2.76 bits per heavy atom. The van der Waals surface area contributed by atoms with Gasteiger partial charge < -0.3 is 5.32 Å². The second-order valence-electron chi connectivity index (χ2n) is 5.08. The van der Waals surface area contributed by atoms with Crippen LogP contribution in [0, 0.1) is 0 Å². The maximum atomic E-state index is 12.7. The van der Waals surface area contributed by atoms with E-state index in [2.05, 4.69) is 20.6 Å². The second kappa shape index (κ2) is 8.09. The lowest BCUT2D eigenvalue weighted by Crippen LogP contribution is -2.41. The molecule has 0 aliphatic rings. The number of hydrogen-bond donors (Lipinski definition) is 2. The van der Waals surface area contributed by atoms with Gasteiger partial charge in [0.2, 0.25) is 5.91 Å². The SMILES string of the molecule is CCNC(=O)NC(=O)[C@H](Sc1ncnc2sccc12)c1ccccc1. The van der Waals surface area contributed by atoms with Crippen molar-refractivity contribution in [2.75, 3.05) is 6.54 Å². The minimum Gasteiger partial charge on any atom is -0.338 e. The van der Waals surface area contributed by atoms with E-state index in [1.165, 1.54) is 29.4 Å². The number of rotatable bonds is 5. The van der Waals surface area contributed by atoms with Gasteiger partial charge in [-0.1, -0.05) is 42.1 Å². The third-order valence-electron chi connectivity index (χ3n) is 3.37. The van der Waals surface area contributed by atoms with Gasteiger partial charge in [-0.3, -0.25) is 10.1 Å². The molecule has 0 fully saturated rings. The topological polar surface area (TPSA) is 84.0 Å². The molecule has 3 rings (SSSR count). The van der Waals surface area contributed by atoms with E-state index in [0.717, 1.165) is 15.8 Å². The lowest BCUT2D eigenvalue weighted by Gasteiger charge is -2.16. The Labute approximate surface area is 153 Å². The van der Waals surface area contributed by atoms with Gasteiger partial charge in [-0.2, -0.15) is 0 Å². The van der Waals surface area contributed by atoms with Crippen molar-refractivity contribution in [1.29, 1.82) is 0 Å². The third-order valence-corrected chi connectivity index (χ3v) is 5.46. The molecule has 25 heavy (non-hydrogen) atoms. The number of amides is 3. The summed E-state index contributed by atoms with van der Waals surface area (Å²) in [5.74, 6) is -0.385. The van der Waals surface area contributed by atoms with Crippen LogP contribution in [0.25, 0.3) is 10.2 Å². The Kier molecular flexibility index (Phi) is 5.62. The van der Waals surface area contributed by atoms with Crippen molar-refractivity contribution in [3.05, 3.63) is 53.7 Å². The number of fused-ring (bicyclic) bond motifs is 1. The zero-order chi connectivity index (χ0) is 17.6. The Morgan fingerprint density at radius 2 is 2.00 bits per heavy atom. The smallest absolute Gasteiger partial charge is 0.321 e. The molecule has 128 valence electrons. The Bertz CT molecular complexity index is 882. The number of nitrogens with one attached hydrogen (secondary N) is 2. The molecule has 0 unspecified atom stereocenters. The summed E-state index contributed by atoms with van der Waals surface area (Å²) in [5, 5.41) is 7.92. The highest BCUT2D eigenvalue weighted by atomic mass is 32.2. The highest BCUT2D eigenvalue weighted by Crippen LogP contribution is 2.38. The first-order valence-corrected chi connectivity index (χ1v) is 9.43. The van der Waals surface area contributed by atoms with E-state index >= 15 is 0 Å². The average Bonchev–Trinajstić information content (AvgIpc) is 3.10. The van der Waals surface area contributed by atoms with Gasteiger partial charge in [0.05, 0.1) is 0 Å². The Hall–Kier alpha value is -2.45. The van der Waals surface area contributed by atoms with E-state index in [0.29, 0.717) is 11.6 Å². The van der Waals surface area contributed by atoms with Crippen molar-refractivity contribution in [2.24, 2.45) is 0 Å². The molecule has 2 heterocycles. The fourth-order valence-electron chi connectivity index (χ4n) is 2.26. The predicted molar refractivity (Wildman–Crippen MR) is 99.7 cm³/mol. The van der Waals surface area contributed by atoms with E-state index in [9.17, 15) is 9.59 Å². The molecule has 0 saturated carbocycles. The van der Waals surface area contributed by atoms with E-state index in [-0.39, 0.29) is 5.91 Å². The first kappa shape index (κ1) is 17.4. The molecule has 2 N–H and O–H groups in total. The molecule has 0 saturated heterocycles. The summed E-state index contributed by atoms with van der Waals surface area (Å²) >= 11 is 2.83. The average molecular weight is 372 g/mol. The number of thiophene rings is 1. The molecule has 3 amide bonds. The van der Waals surface area contributed by atoms with Crippen LogP contribution in [0.3, 0.4) is 0 Å². The summed E-state index contributed by atoms with van der Waals surface area (Å²) in [6.07, 6.45) is 1.49. The lowest BCUT2D eigenvalue weighted by atomic mass is 10.1. The van der Waals surface area contributed by atoms with Gasteiger partial charge >= 0.3 is 6.03 Å². The number of benzene rings is 1. The standard InChI is InChI=1S/C17H16N4O2S2/c1-2-18-17(23)21-14(22)13(11-6-4-3-5-7-11)25-16-12-8-9-24-15(12)19-10-20-16/h3-10,13H,2H2,1H3,(H2,18,21,22,23)/t13-/m1/s1. The molecular weight excluding hydrogens is 356 g/mol. The van der Waals surface area contributed by atoms with Crippen molar-refractivity contribution in [3.63, 3.8) is 0 Å². The summed E-state index contributed by atoms with van der Waals surface area (Å²) in [7, 11) is 0. The Morgan fingerprint density at radius 1 is 1.20 bits per heavy atom. The van der Waals surface area contributed by atoms with Crippen LogP contribution in [0.4, 0.5) is 4.79 Å². The number of carbonyl (C=O) groups is 2. The highest BCUT2D eigenvalue weighted by molar-refractivity contribution is 8.00. The van der Waals surface area contributed by atoms with Gasteiger partial charge in [0.15, 0.2) is 0 Å². The van der Waals surface area contributed by atoms with Crippen molar-refractivity contribution in [3.8, 4) is 0 Å². The minimum absolute atomic E-state index is 0.385. The van der Waals surface area contributed by atoms with Gasteiger partial charge in [-0.05, 0) is 23.9 Å². The minimum atomic E-state index is -0.596. The van der Waals surface area contributed by atoms with Gasteiger partial charge in [0.1, 0.15) is 21.4 Å². The van der Waals surface area contributed by atoms with Crippen LogP contribution >= 0.6 is 23.1 Å². The fraction of sp³-hybridized carbons (Fsp3) is 0.176. The van der Waals surface area contributed by atoms with E-state index in [1.807, 2.05) is 41.8 Å². The fourth-order valence-corrected chi connectivity index (χ4v) is 4.14. The molecule has 8 heteroatoms. The Balaban J connectivity index is 1.90. The van der Waals surface area contributed by atoms with Crippen LogP contribution < -0.4 is 10.6 Å². The van der Waals surface area contributed by atoms with Crippen LogP contribution in [0.2, 0.25) is 0 Å². The number of imide groups is 1. The zero-order valence-electron chi connectivity index (χ0n) is 13.4. The van der Waals surface area contributed by atoms with Crippen molar-refractivity contribution >= 4 is 45.3 Å². The molecule has 6 nitrogen and oxygen atoms in total. The van der Waals surface area contributed by atoms with E-state index in [4.69, 9.17) is 0 Å². The molecule has 1 atom stereocenters. The molecule has 3 aromatic rings. The number of nitrogens with zero attached hydrogens (tertiary/aromatic N) is 2. The quantitative estimate of drug-likeness (QED) is 0.530. The largest absolute Gasteiger partial charge is 0.338 e. The first-order valence-electron chi connectivity index (χ1n) is 7.67. The summed E-state index contributed by atoms with van der Waals surface area (Å²) in [5.41, 5.74) is 0.802. The van der Waals surface area contributed by atoms with Gasteiger partial charge in [-0.25, -0.2) is 14.8 Å². The summed E-state index contributed by atoms with van der Waals surface area (Å²) < 4.78 is 0. The number of urea groups is 1. The van der Waals surface area contributed by atoms with Crippen molar-refractivity contribution in [2.45, 2.75) is 17.2 Å². The molecule has 0 bridgehead atoms. The molecule has 0 spiro atoms. The summed E-state index contributed by atoms with van der Waals surface area (Å²) in [6, 6.07) is 10.8. The molecule has 2 aromatic heterocycles. The number of carbonyl (C=O) groups excluding carboxylic acids is 2. The maximum absolute atomic E-state index is 12.7. The second-order valence-corrected chi connectivity index (χ2v) is 7.06. The van der Waals surface area contributed by atoms with Crippen LogP contribution in [0.5, 0.6) is 0 Å². The van der Waals surface area contributed by atoms with Gasteiger partial charge in [-0.15, -0.1) is 11.3 Å². The van der Waals surface area contributed by atoms with Gasteiger partial charge in [0.25, 0.3) is 0 Å². The summed E-state index contributed by atoms with van der Waals surface area (Å²) in [4.78, 5) is 33.8. The maximum Gasteiger partial charge on any atom is 0.321 e. The summed E-state index contributed by atoms with van der Waals surface area (Å²) in [6.45, 7) is 2.24. The van der Waals surface area contributed by atoms with Crippen LogP contribution in [-0.2, 0) is 4.79 Å². The van der Waals surface area contributed by atoms with Gasteiger partial charge in [0, 0.05) is 11.9 Å². The van der Waals surface area contributed by atoms with Crippen LogP contribution in [0.1, 0.15) is 17.7 Å². The van der Waals surface area contributed by atoms with E-state index in [1.54, 1.807) is 6.92 Å². The predicted octanol–water partition coefficient (Wildman–Crippen LogP) is 3.37. The lowest BCUT2D eigenvalue weighted by molar-refractivity contribution is -0.119. The van der Waals surface area contributed by atoms with Crippen LogP contribution in [-0.4, -0.2) is 28.5 Å². The first-order chi connectivity index (χ1) is 12.2. The van der Waals surface area contributed by atoms with Crippen molar-refractivity contribution < 1.29 is 9.59 Å². The molecule has 0 aliphatic heterocycles. The number of aromatic nitrogens is 2.